The predicted molar refractivity (Wildman–Crippen MR) is 71.1 cm³/mol. The summed E-state index contributed by atoms with van der Waals surface area (Å²) in [6.07, 6.45) is 1.87. The van der Waals surface area contributed by atoms with Crippen molar-refractivity contribution < 1.29 is 0 Å². The molecule has 2 heterocycles. The number of anilines is 1. The summed E-state index contributed by atoms with van der Waals surface area (Å²) in [6, 6.07) is 4.19. The van der Waals surface area contributed by atoms with Gasteiger partial charge in [0.05, 0.1) is 0 Å². The van der Waals surface area contributed by atoms with Crippen LogP contribution >= 0.6 is 11.3 Å². The second-order valence-corrected chi connectivity index (χ2v) is 5.14. The van der Waals surface area contributed by atoms with Gasteiger partial charge >= 0.3 is 0 Å². The standard InChI is InChI=1S/C12H17N3S/c1-9(7-13)8-15(2)12-10-4-6-16-11(10)3-5-14-12/h3-6,9H,7-8,13H2,1-2H3. The van der Waals surface area contributed by atoms with E-state index >= 15 is 0 Å². The van der Waals surface area contributed by atoms with Gasteiger partial charge in [-0.15, -0.1) is 11.3 Å². The Kier molecular flexibility index (Phi) is 3.41. The molecule has 0 aliphatic carbocycles. The average molecular weight is 235 g/mol. The van der Waals surface area contributed by atoms with Crippen LogP contribution in [0.1, 0.15) is 6.92 Å². The summed E-state index contributed by atoms with van der Waals surface area (Å²) in [5, 5.41) is 3.34. The molecule has 0 aromatic carbocycles. The van der Waals surface area contributed by atoms with Crippen molar-refractivity contribution in [3.05, 3.63) is 23.7 Å². The fourth-order valence-corrected chi connectivity index (χ4v) is 2.59. The maximum Gasteiger partial charge on any atom is 0.137 e. The van der Waals surface area contributed by atoms with Gasteiger partial charge in [0.15, 0.2) is 0 Å². The van der Waals surface area contributed by atoms with Crippen LogP contribution in [0.4, 0.5) is 5.82 Å². The lowest BCUT2D eigenvalue weighted by Gasteiger charge is -2.22. The van der Waals surface area contributed by atoms with Gasteiger partial charge in [0.25, 0.3) is 0 Å². The normalized spacial score (nSPS) is 12.9. The van der Waals surface area contributed by atoms with Crippen LogP contribution in [0.25, 0.3) is 10.1 Å². The zero-order valence-corrected chi connectivity index (χ0v) is 10.5. The largest absolute Gasteiger partial charge is 0.359 e. The lowest BCUT2D eigenvalue weighted by atomic mass is 10.1. The second-order valence-electron chi connectivity index (χ2n) is 4.19. The number of pyridine rings is 1. The molecule has 0 radical (unpaired) electrons. The molecular weight excluding hydrogens is 218 g/mol. The van der Waals surface area contributed by atoms with E-state index in [2.05, 4.69) is 41.4 Å². The van der Waals surface area contributed by atoms with Gasteiger partial charge in [0, 0.05) is 29.9 Å². The first-order valence-electron chi connectivity index (χ1n) is 5.45. The van der Waals surface area contributed by atoms with Gasteiger partial charge in [-0.1, -0.05) is 6.92 Å². The van der Waals surface area contributed by atoms with Gasteiger partial charge < -0.3 is 10.6 Å². The van der Waals surface area contributed by atoms with Crippen LogP contribution in [-0.2, 0) is 0 Å². The van der Waals surface area contributed by atoms with Crippen molar-refractivity contribution in [2.45, 2.75) is 6.92 Å². The summed E-state index contributed by atoms with van der Waals surface area (Å²) >= 11 is 1.75. The van der Waals surface area contributed by atoms with Crippen molar-refractivity contribution in [2.24, 2.45) is 11.7 Å². The summed E-state index contributed by atoms with van der Waals surface area (Å²) in [6.45, 7) is 3.81. The molecule has 0 aliphatic rings. The number of hydrogen-bond acceptors (Lipinski definition) is 4. The predicted octanol–water partition coefficient (Wildman–Crippen LogP) is 2.33. The maximum atomic E-state index is 5.65. The van der Waals surface area contributed by atoms with E-state index in [0.29, 0.717) is 12.5 Å². The SMILES string of the molecule is CC(CN)CN(C)c1nccc2sccc12. The van der Waals surface area contributed by atoms with Crippen LogP contribution < -0.4 is 10.6 Å². The maximum absolute atomic E-state index is 5.65. The lowest BCUT2D eigenvalue weighted by Crippen LogP contribution is -2.28. The van der Waals surface area contributed by atoms with Crippen LogP contribution in [0, 0.1) is 5.92 Å². The Hall–Kier alpha value is -1.13. The number of rotatable bonds is 4. The van der Waals surface area contributed by atoms with E-state index < -0.39 is 0 Å². The van der Waals surface area contributed by atoms with Crippen LogP contribution in [0.2, 0.25) is 0 Å². The number of aromatic nitrogens is 1. The molecule has 2 rings (SSSR count). The van der Waals surface area contributed by atoms with E-state index in [-0.39, 0.29) is 0 Å². The van der Waals surface area contributed by atoms with E-state index in [0.717, 1.165) is 12.4 Å². The number of thiophene rings is 1. The molecule has 0 spiro atoms. The first-order chi connectivity index (χ1) is 7.72. The number of nitrogens with two attached hydrogens (primary N) is 1. The molecule has 3 nitrogen and oxygen atoms in total. The Balaban J connectivity index is 2.28. The summed E-state index contributed by atoms with van der Waals surface area (Å²) in [5.74, 6) is 1.54. The highest BCUT2D eigenvalue weighted by atomic mass is 32.1. The third-order valence-electron chi connectivity index (χ3n) is 2.71. The highest BCUT2D eigenvalue weighted by Crippen LogP contribution is 2.27. The van der Waals surface area contributed by atoms with Gasteiger partial charge in [0.2, 0.25) is 0 Å². The smallest absolute Gasteiger partial charge is 0.137 e. The number of hydrogen-bond donors (Lipinski definition) is 1. The van der Waals surface area contributed by atoms with Crippen molar-refractivity contribution >= 4 is 27.2 Å². The Morgan fingerprint density at radius 1 is 1.50 bits per heavy atom. The molecule has 0 saturated heterocycles. The molecule has 0 saturated carbocycles. The molecule has 2 aromatic rings. The molecule has 0 fully saturated rings. The molecular formula is C12H17N3S. The van der Waals surface area contributed by atoms with Crippen LogP contribution in [0.3, 0.4) is 0 Å². The fourth-order valence-electron chi connectivity index (χ4n) is 1.81. The fraction of sp³-hybridized carbons (Fsp3) is 0.417. The van der Waals surface area contributed by atoms with E-state index in [1.807, 2.05) is 6.20 Å². The molecule has 86 valence electrons. The Morgan fingerprint density at radius 3 is 3.06 bits per heavy atom. The monoisotopic (exact) mass is 235 g/mol. The summed E-state index contributed by atoms with van der Waals surface area (Å²) in [7, 11) is 2.08. The van der Waals surface area contributed by atoms with Gasteiger partial charge in [-0.05, 0) is 30.0 Å². The summed E-state index contributed by atoms with van der Waals surface area (Å²) < 4.78 is 1.29. The first kappa shape index (κ1) is 11.4. The zero-order valence-electron chi connectivity index (χ0n) is 9.68. The molecule has 2 N–H and O–H groups in total. The van der Waals surface area contributed by atoms with E-state index in [4.69, 9.17) is 5.73 Å². The topological polar surface area (TPSA) is 42.1 Å². The van der Waals surface area contributed by atoms with Gasteiger partial charge in [-0.25, -0.2) is 4.98 Å². The highest BCUT2D eigenvalue weighted by molar-refractivity contribution is 7.17. The lowest BCUT2D eigenvalue weighted by molar-refractivity contribution is 0.588. The van der Waals surface area contributed by atoms with Crippen molar-refractivity contribution in [3.8, 4) is 0 Å². The molecule has 0 amide bonds. The molecule has 0 bridgehead atoms. The summed E-state index contributed by atoms with van der Waals surface area (Å²) in [4.78, 5) is 6.65. The minimum Gasteiger partial charge on any atom is -0.359 e. The molecule has 4 heteroatoms. The van der Waals surface area contributed by atoms with E-state index in [1.165, 1.54) is 10.1 Å². The van der Waals surface area contributed by atoms with E-state index in [9.17, 15) is 0 Å². The zero-order chi connectivity index (χ0) is 11.5. The molecule has 2 aromatic heterocycles. The Morgan fingerprint density at radius 2 is 2.31 bits per heavy atom. The van der Waals surface area contributed by atoms with Gasteiger partial charge in [-0.2, -0.15) is 0 Å². The van der Waals surface area contributed by atoms with Crippen molar-refractivity contribution in [1.29, 1.82) is 0 Å². The quantitative estimate of drug-likeness (QED) is 0.884. The van der Waals surface area contributed by atoms with Crippen LogP contribution in [0.15, 0.2) is 23.7 Å². The minimum absolute atomic E-state index is 0.487. The Labute approximate surface area is 99.9 Å². The average Bonchev–Trinajstić information content (AvgIpc) is 2.76. The number of fused-ring (bicyclic) bond motifs is 1. The highest BCUT2D eigenvalue weighted by Gasteiger charge is 2.10. The van der Waals surface area contributed by atoms with Crippen LogP contribution in [-0.4, -0.2) is 25.1 Å². The Bertz CT molecular complexity index is 466. The van der Waals surface area contributed by atoms with Gasteiger partial charge in [-0.3, -0.25) is 0 Å². The minimum atomic E-state index is 0.487. The summed E-state index contributed by atoms with van der Waals surface area (Å²) in [5.41, 5.74) is 5.65. The third kappa shape index (κ3) is 2.18. The van der Waals surface area contributed by atoms with Crippen LogP contribution in [0.5, 0.6) is 0 Å². The number of nitrogens with zero attached hydrogens (tertiary/aromatic N) is 2. The molecule has 16 heavy (non-hydrogen) atoms. The molecule has 1 atom stereocenters. The first-order valence-corrected chi connectivity index (χ1v) is 6.33. The van der Waals surface area contributed by atoms with Crippen molar-refractivity contribution in [3.63, 3.8) is 0 Å². The second kappa shape index (κ2) is 4.80. The van der Waals surface area contributed by atoms with Gasteiger partial charge in [0.1, 0.15) is 5.82 Å². The molecule has 1 unspecified atom stereocenters. The van der Waals surface area contributed by atoms with Crippen molar-refractivity contribution in [2.75, 3.05) is 25.0 Å². The molecule has 0 aliphatic heterocycles. The van der Waals surface area contributed by atoms with E-state index in [1.54, 1.807) is 11.3 Å². The van der Waals surface area contributed by atoms with Crippen molar-refractivity contribution in [1.82, 2.24) is 4.98 Å². The third-order valence-corrected chi connectivity index (χ3v) is 3.59.